The number of aryl methyl sites for hydroxylation is 1. The van der Waals surface area contributed by atoms with Gasteiger partial charge in [-0.2, -0.15) is 0 Å². The minimum atomic E-state index is -0.335. The maximum absolute atomic E-state index is 13.9. The molecule has 0 saturated heterocycles. The van der Waals surface area contributed by atoms with E-state index >= 15 is 0 Å². The number of hydrogen-bond donors (Lipinski definition) is 1. The molecule has 0 amide bonds. The van der Waals surface area contributed by atoms with Crippen LogP contribution in [0.2, 0.25) is 0 Å². The van der Waals surface area contributed by atoms with Crippen molar-refractivity contribution in [1.82, 2.24) is 10.3 Å². The molecule has 0 spiro atoms. The van der Waals surface area contributed by atoms with Crippen LogP contribution in [0, 0.1) is 12.7 Å². The number of ether oxygens (including phenoxy) is 1. The van der Waals surface area contributed by atoms with Crippen LogP contribution in [0.4, 0.5) is 4.39 Å². The van der Waals surface area contributed by atoms with E-state index < -0.39 is 0 Å². The third kappa shape index (κ3) is 3.78. The number of nitrogens with zero attached hydrogens (tertiary/aromatic N) is 1. The van der Waals surface area contributed by atoms with Gasteiger partial charge in [0.15, 0.2) is 11.6 Å². The standard InChI is InChI=1S/C16H19FN2O/c1-11(2)19-9-13-7-14(10-18-8-13)20-15-6-4-5-12(3)16(15)17/h4-8,10-11,19H,9H2,1-3H3. The zero-order valence-corrected chi connectivity index (χ0v) is 12.0. The SMILES string of the molecule is Cc1cccc(Oc2cncc(CNC(C)C)c2)c1F. The quantitative estimate of drug-likeness (QED) is 0.900. The second-order valence-corrected chi connectivity index (χ2v) is 5.05. The molecule has 0 aliphatic carbocycles. The predicted octanol–water partition coefficient (Wildman–Crippen LogP) is 3.82. The molecule has 20 heavy (non-hydrogen) atoms. The van der Waals surface area contributed by atoms with Crippen LogP contribution in [0.1, 0.15) is 25.0 Å². The molecule has 0 bridgehead atoms. The second kappa shape index (κ2) is 6.48. The molecule has 106 valence electrons. The third-order valence-corrected chi connectivity index (χ3v) is 2.87. The van der Waals surface area contributed by atoms with E-state index in [1.165, 1.54) is 0 Å². The fourth-order valence-corrected chi connectivity index (χ4v) is 1.76. The normalized spacial score (nSPS) is 10.8. The first kappa shape index (κ1) is 14.5. The van der Waals surface area contributed by atoms with Gasteiger partial charge in [-0.15, -0.1) is 0 Å². The third-order valence-electron chi connectivity index (χ3n) is 2.87. The van der Waals surface area contributed by atoms with Gasteiger partial charge in [-0.25, -0.2) is 4.39 Å². The highest BCUT2D eigenvalue weighted by atomic mass is 19.1. The van der Waals surface area contributed by atoms with E-state index in [2.05, 4.69) is 24.1 Å². The second-order valence-electron chi connectivity index (χ2n) is 5.05. The number of hydrogen-bond acceptors (Lipinski definition) is 3. The molecule has 1 aromatic heterocycles. The van der Waals surface area contributed by atoms with Gasteiger partial charge in [0.25, 0.3) is 0 Å². The zero-order valence-electron chi connectivity index (χ0n) is 12.0. The Kier molecular flexibility index (Phi) is 4.69. The highest BCUT2D eigenvalue weighted by molar-refractivity contribution is 5.35. The van der Waals surface area contributed by atoms with Gasteiger partial charge in [0.2, 0.25) is 0 Å². The summed E-state index contributed by atoms with van der Waals surface area (Å²) in [6, 6.07) is 7.36. The van der Waals surface area contributed by atoms with E-state index in [-0.39, 0.29) is 11.6 Å². The van der Waals surface area contributed by atoms with Gasteiger partial charge in [0.05, 0.1) is 6.20 Å². The van der Waals surface area contributed by atoms with Crippen molar-refractivity contribution in [2.24, 2.45) is 0 Å². The van der Waals surface area contributed by atoms with E-state index in [1.807, 2.05) is 6.07 Å². The van der Waals surface area contributed by atoms with Crippen molar-refractivity contribution in [2.45, 2.75) is 33.4 Å². The Bertz CT molecular complexity index is 584. The summed E-state index contributed by atoms with van der Waals surface area (Å²) in [5.41, 5.74) is 1.57. The van der Waals surface area contributed by atoms with Crippen molar-refractivity contribution in [3.8, 4) is 11.5 Å². The van der Waals surface area contributed by atoms with E-state index in [0.717, 1.165) is 5.56 Å². The summed E-state index contributed by atoms with van der Waals surface area (Å²) in [4.78, 5) is 4.12. The van der Waals surface area contributed by atoms with Crippen molar-refractivity contribution in [3.63, 3.8) is 0 Å². The number of nitrogens with one attached hydrogen (secondary N) is 1. The summed E-state index contributed by atoms with van der Waals surface area (Å²) in [7, 11) is 0. The topological polar surface area (TPSA) is 34.1 Å². The maximum Gasteiger partial charge on any atom is 0.168 e. The lowest BCUT2D eigenvalue weighted by molar-refractivity contribution is 0.437. The molecule has 1 heterocycles. The van der Waals surface area contributed by atoms with Crippen LogP contribution < -0.4 is 10.1 Å². The van der Waals surface area contributed by atoms with E-state index in [4.69, 9.17) is 4.74 Å². The monoisotopic (exact) mass is 274 g/mol. The Hall–Kier alpha value is -1.94. The Morgan fingerprint density at radius 1 is 1.30 bits per heavy atom. The molecular weight excluding hydrogens is 255 g/mol. The van der Waals surface area contributed by atoms with Crippen molar-refractivity contribution in [2.75, 3.05) is 0 Å². The summed E-state index contributed by atoms with van der Waals surface area (Å²) >= 11 is 0. The Morgan fingerprint density at radius 2 is 2.10 bits per heavy atom. The van der Waals surface area contributed by atoms with E-state index in [9.17, 15) is 4.39 Å². The fraction of sp³-hybridized carbons (Fsp3) is 0.312. The molecule has 2 aromatic rings. The van der Waals surface area contributed by atoms with Crippen LogP contribution in [0.5, 0.6) is 11.5 Å². The summed E-state index contributed by atoms with van der Waals surface area (Å²) < 4.78 is 19.5. The van der Waals surface area contributed by atoms with Crippen molar-refractivity contribution >= 4 is 0 Å². The van der Waals surface area contributed by atoms with Crippen LogP contribution in [-0.2, 0) is 6.54 Å². The van der Waals surface area contributed by atoms with Gasteiger partial charge >= 0.3 is 0 Å². The van der Waals surface area contributed by atoms with Crippen molar-refractivity contribution in [1.29, 1.82) is 0 Å². The molecule has 3 nitrogen and oxygen atoms in total. The zero-order chi connectivity index (χ0) is 14.5. The van der Waals surface area contributed by atoms with Crippen LogP contribution in [0.3, 0.4) is 0 Å². The van der Waals surface area contributed by atoms with Crippen LogP contribution >= 0.6 is 0 Å². The maximum atomic E-state index is 13.9. The Labute approximate surface area is 118 Å². The predicted molar refractivity (Wildman–Crippen MR) is 77.4 cm³/mol. The van der Waals surface area contributed by atoms with Gasteiger partial charge in [0.1, 0.15) is 5.75 Å². The number of aromatic nitrogens is 1. The lowest BCUT2D eigenvalue weighted by atomic mass is 10.2. The van der Waals surface area contributed by atoms with Gasteiger partial charge in [-0.1, -0.05) is 26.0 Å². The Morgan fingerprint density at radius 3 is 2.85 bits per heavy atom. The molecule has 4 heteroatoms. The Balaban J connectivity index is 2.13. The smallest absolute Gasteiger partial charge is 0.168 e. The van der Waals surface area contributed by atoms with Gasteiger partial charge in [-0.05, 0) is 30.2 Å². The first-order chi connectivity index (χ1) is 9.56. The molecule has 2 rings (SSSR count). The van der Waals surface area contributed by atoms with Gasteiger partial charge < -0.3 is 10.1 Å². The minimum absolute atomic E-state index is 0.223. The molecule has 0 aliphatic heterocycles. The number of benzene rings is 1. The average molecular weight is 274 g/mol. The van der Waals surface area contributed by atoms with E-state index in [0.29, 0.717) is 23.9 Å². The molecule has 0 aliphatic rings. The molecular formula is C16H19FN2O. The average Bonchev–Trinajstić information content (AvgIpc) is 2.42. The van der Waals surface area contributed by atoms with Crippen LogP contribution in [0.15, 0.2) is 36.7 Å². The summed E-state index contributed by atoms with van der Waals surface area (Å²) in [6.45, 7) is 6.58. The first-order valence-corrected chi connectivity index (χ1v) is 6.66. The number of pyridine rings is 1. The molecule has 0 radical (unpaired) electrons. The van der Waals surface area contributed by atoms with Gasteiger partial charge in [0, 0.05) is 18.8 Å². The van der Waals surface area contributed by atoms with Crippen LogP contribution in [-0.4, -0.2) is 11.0 Å². The largest absolute Gasteiger partial charge is 0.453 e. The molecule has 0 saturated carbocycles. The fourth-order valence-electron chi connectivity index (χ4n) is 1.76. The molecule has 0 fully saturated rings. The highest BCUT2D eigenvalue weighted by Gasteiger charge is 2.07. The molecule has 0 unspecified atom stereocenters. The van der Waals surface area contributed by atoms with Crippen molar-refractivity contribution in [3.05, 3.63) is 53.6 Å². The van der Waals surface area contributed by atoms with Crippen LogP contribution in [0.25, 0.3) is 0 Å². The lowest BCUT2D eigenvalue weighted by Gasteiger charge is -2.10. The van der Waals surface area contributed by atoms with E-state index in [1.54, 1.807) is 37.5 Å². The molecule has 0 atom stereocenters. The summed E-state index contributed by atoms with van der Waals surface area (Å²) in [5, 5.41) is 3.30. The highest BCUT2D eigenvalue weighted by Crippen LogP contribution is 2.26. The molecule has 1 N–H and O–H groups in total. The van der Waals surface area contributed by atoms with Crippen molar-refractivity contribution < 1.29 is 9.13 Å². The summed E-state index contributed by atoms with van der Waals surface area (Å²) in [6.07, 6.45) is 3.36. The lowest BCUT2D eigenvalue weighted by Crippen LogP contribution is -2.21. The van der Waals surface area contributed by atoms with Gasteiger partial charge in [-0.3, -0.25) is 4.98 Å². The summed E-state index contributed by atoms with van der Waals surface area (Å²) in [5.74, 6) is 0.427. The number of rotatable bonds is 5. The molecule has 1 aromatic carbocycles. The first-order valence-electron chi connectivity index (χ1n) is 6.66. The number of halogens is 1. The minimum Gasteiger partial charge on any atom is -0.453 e.